The monoisotopic (exact) mass is 247 g/mol. The van der Waals surface area contributed by atoms with E-state index < -0.39 is 11.4 Å². The van der Waals surface area contributed by atoms with Crippen LogP contribution in [0.15, 0.2) is 24.3 Å². The number of ether oxygens (including phenoxy) is 1. The van der Waals surface area contributed by atoms with E-state index in [1.807, 2.05) is 24.3 Å². The third kappa shape index (κ3) is 1.86. The molecule has 4 nitrogen and oxygen atoms in total. The Morgan fingerprint density at radius 1 is 1.17 bits per heavy atom. The Hall–Kier alpha value is -1.55. The van der Waals surface area contributed by atoms with Crippen LogP contribution in [-0.2, 0) is 14.9 Å². The van der Waals surface area contributed by atoms with Gasteiger partial charge in [-0.2, -0.15) is 0 Å². The molecule has 3 rings (SSSR count). The molecule has 0 spiro atoms. The molecule has 1 saturated heterocycles. The van der Waals surface area contributed by atoms with Gasteiger partial charge in [-0.15, -0.1) is 0 Å². The van der Waals surface area contributed by atoms with E-state index in [0.717, 1.165) is 50.4 Å². The number of hydrogen-bond acceptors (Lipinski definition) is 3. The lowest BCUT2D eigenvalue weighted by Crippen LogP contribution is -2.36. The summed E-state index contributed by atoms with van der Waals surface area (Å²) in [7, 11) is 0. The highest BCUT2D eigenvalue weighted by atomic mass is 16.5. The minimum absolute atomic E-state index is 0.594. The first-order valence-electron chi connectivity index (χ1n) is 6.39. The first-order chi connectivity index (χ1) is 8.72. The molecule has 1 aliphatic heterocycles. The third-order valence-corrected chi connectivity index (χ3v) is 3.96. The molecule has 0 amide bonds. The molecule has 0 radical (unpaired) electrons. The van der Waals surface area contributed by atoms with Crippen LogP contribution in [0.3, 0.4) is 0 Å². The van der Waals surface area contributed by atoms with E-state index >= 15 is 0 Å². The van der Waals surface area contributed by atoms with Crippen molar-refractivity contribution < 1.29 is 14.6 Å². The number of benzene rings is 1. The largest absolute Gasteiger partial charge is 0.481 e. The first-order valence-corrected chi connectivity index (χ1v) is 6.39. The number of carboxylic acids is 1. The number of rotatable bonds is 3. The molecule has 0 aromatic heterocycles. The van der Waals surface area contributed by atoms with Crippen molar-refractivity contribution in [1.29, 1.82) is 0 Å². The van der Waals surface area contributed by atoms with Gasteiger partial charge in [-0.3, -0.25) is 4.79 Å². The molecular weight excluding hydrogens is 230 g/mol. The molecule has 2 fully saturated rings. The predicted octanol–water partition coefficient (Wildman–Crippen LogP) is 1.64. The quantitative estimate of drug-likeness (QED) is 0.882. The van der Waals surface area contributed by atoms with E-state index in [9.17, 15) is 9.90 Å². The lowest BCUT2D eigenvalue weighted by atomic mass is 9.96. The van der Waals surface area contributed by atoms with Crippen LogP contribution in [0.5, 0.6) is 0 Å². The summed E-state index contributed by atoms with van der Waals surface area (Å²) in [6, 6.07) is 7.99. The summed E-state index contributed by atoms with van der Waals surface area (Å²) in [6.45, 7) is 3.34. The van der Waals surface area contributed by atoms with E-state index in [1.165, 1.54) is 0 Å². The van der Waals surface area contributed by atoms with Crippen LogP contribution in [0.1, 0.15) is 18.4 Å². The van der Waals surface area contributed by atoms with Crippen LogP contribution >= 0.6 is 0 Å². The average molecular weight is 247 g/mol. The highest BCUT2D eigenvalue weighted by Crippen LogP contribution is 2.48. The molecule has 1 aliphatic carbocycles. The van der Waals surface area contributed by atoms with Gasteiger partial charge < -0.3 is 14.7 Å². The predicted molar refractivity (Wildman–Crippen MR) is 68.0 cm³/mol. The number of anilines is 1. The second-order valence-electron chi connectivity index (χ2n) is 5.03. The summed E-state index contributed by atoms with van der Waals surface area (Å²) in [4.78, 5) is 13.5. The summed E-state index contributed by atoms with van der Waals surface area (Å²) in [6.07, 6.45) is 1.53. The van der Waals surface area contributed by atoms with Crippen molar-refractivity contribution in [3.8, 4) is 0 Å². The molecule has 4 heteroatoms. The fourth-order valence-corrected chi connectivity index (χ4v) is 2.56. The lowest BCUT2D eigenvalue weighted by molar-refractivity contribution is -0.140. The van der Waals surface area contributed by atoms with Crippen molar-refractivity contribution in [3.05, 3.63) is 29.8 Å². The zero-order valence-corrected chi connectivity index (χ0v) is 10.3. The van der Waals surface area contributed by atoms with Gasteiger partial charge in [0.1, 0.15) is 0 Å². The minimum atomic E-state index is -0.693. The van der Waals surface area contributed by atoms with Crippen molar-refractivity contribution in [2.24, 2.45) is 0 Å². The number of carboxylic acid groups (broad SMARTS) is 1. The van der Waals surface area contributed by atoms with Crippen LogP contribution in [0.2, 0.25) is 0 Å². The molecule has 1 saturated carbocycles. The second kappa shape index (κ2) is 4.28. The molecule has 96 valence electrons. The number of morpholine rings is 1. The fraction of sp³-hybridized carbons (Fsp3) is 0.500. The summed E-state index contributed by atoms with van der Waals surface area (Å²) in [5, 5.41) is 9.25. The van der Waals surface area contributed by atoms with Gasteiger partial charge >= 0.3 is 5.97 Å². The number of carbonyl (C=O) groups is 1. The van der Waals surface area contributed by atoms with Crippen molar-refractivity contribution in [2.75, 3.05) is 31.2 Å². The minimum Gasteiger partial charge on any atom is -0.481 e. The first kappa shape index (κ1) is 11.5. The Morgan fingerprint density at radius 3 is 2.28 bits per heavy atom. The van der Waals surface area contributed by atoms with Gasteiger partial charge in [0.2, 0.25) is 0 Å². The van der Waals surface area contributed by atoms with Gasteiger partial charge in [-0.05, 0) is 30.5 Å². The van der Waals surface area contributed by atoms with Gasteiger partial charge in [0, 0.05) is 18.8 Å². The summed E-state index contributed by atoms with van der Waals surface area (Å²) < 4.78 is 5.32. The Morgan fingerprint density at radius 2 is 1.78 bits per heavy atom. The Bertz CT molecular complexity index is 445. The molecule has 1 aromatic carbocycles. The van der Waals surface area contributed by atoms with E-state index in [2.05, 4.69) is 4.90 Å². The van der Waals surface area contributed by atoms with Crippen molar-refractivity contribution >= 4 is 11.7 Å². The van der Waals surface area contributed by atoms with Gasteiger partial charge in [-0.1, -0.05) is 12.1 Å². The Balaban J connectivity index is 1.79. The van der Waals surface area contributed by atoms with E-state index in [1.54, 1.807) is 0 Å². The zero-order valence-electron chi connectivity index (χ0n) is 10.3. The average Bonchev–Trinajstić information content (AvgIpc) is 3.22. The van der Waals surface area contributed by atoms with E-state index in [-0.39, 0.29) is 0 Å². The topological polar surface area (TPSA) is 49.8 Å². The summed E-state index contributed by atoms with van der Waals surface area (Å²) >= 11 is 0. The van der Waals surface area contributed by atoms with Crippen LogP contribution in [0.25, 0.3) is 0 Å². The molecule has 2 aliphatic rings. The van der Waals surface area contributed by atoms with E-state index in [4.69, 9.17) is 4.74 Å². The number of hydrogen-bond donors (Lipinski definition) is 1. The SMILES string of the molecule is O=C(O)C1(c2ccc(N3CCOCC3)cc2)CC1. The Kier molecular flexibility index (Phi) is 2.74. The summed E-state index contributed by atoms with van der Waals surface area (Å²) in [5.74, 6) is -0.693. The highest BCUT2D eigenvalue weighted by Gasteiger charge is 2.51. The lowest BCUT2D eigenvalue weighted by Gasteiger charge is -2.29. The zero-order chi connectivity index (χ0) is 12.6. The number of nitrogens with zero attached hydrogens (tertiary/aromatic N) is 1. The van der Waals surface area contributed by atoms with Crippen molar-refractivity contribution in [2.45, 2.75) is 18.3 Å². The summed E-state index contributed by atoms with van der Waals surface area (Å²) in [5.41, 5.74) is 1.50. The van der Waals surface area contributed by atoms with E-state index in [0.29, 0.717) is 0 Å². The van der Waals surface area contributed by atoms with Gasteiger partial charge in [-0.25, -0.2) is 0 Å². The molecule has 1 aromatic rings. The molecule has 0 unspecified atom stereocenters. The number of aliphatic carboxylic acids is 1. The van der Waals surface area contributed by atoms with Crippen LogP contribution in [-0.4, -0.2) is 37.4 Å². The van der Waals surface area contributed by atoms with Crippen molar-refractivity contribution in [3.63, 3.8) is 0 Å². The molecule has 1 heterocycles. The molecular formula is C14H17NO3. The smallest absolute Gasteiger partial charge is 0.314 e. The van der Waals surface area contributed by atoms with Gasteiger partial charge in [0.25, 0.3) is 0 Å². The molecule has 0 bridgehead atoms. The fourth-order valence-electron chi connectivity index (χ4n) is 2.56. The normalized spacial score (nSPS) is 21.7. The van der Waals surface area contributed by atoms with Crippen LogP contribution < -0.4 is 4.90 Å². The Labute approximate surface area is 106 Å². The maximum absolute atomic E-state index is 11.2. The standard InChI is InChI=1S/C14H17NO3/c16-13(17)14(5-6-14)11-1-3-12(4-2-11)15-7-9-18-10-8-15/h1-4H,5-10H2,(H,16,17). The maximum atomic E-state index is 11.2. The van der Waals surface area contributed by atoms with Crippen molar-refractivity contribution in [1.82, 2.24) is 0 Å². The van der Waals surface area contributed by atoms with Gasteiger partial charge in [0.15, 0.2) is 0 Å². The maximum Gasteiger partial charge on any atom is 0.314 e. The second-order valence-corrected chi connectivity index (χ2v) is 5.03. The van der Waals surface area contributed by atoms with Gasteiger partial charge in [0.05, 0.1) is 18.6 Å². The van der Waals surface area contributed by atoms with Crippen LogP contribution in [0.4, 0.5) is 5.69 Å². The third-order valence-electron chi connectivity index (χ3n) is 3.96. The van der Waals surface area contributed by atoms with Crippen LogP contribution in [0, 0.1) is 0 Å². The molecule has 0 atom stereocenters. The highest BCUT2D eigenvalue weighted by molar-refractivity contribution is 5.85. The molecule has 18 heavy (non-hydrogen) atoms. The molecule has 1 N–H and O–H groups in total.